The molecule has 27 heavy (non-hydrogen) atoms. The van der Waals surface area contributed by atoms with E-state index in [0.29, 0.717) is 0 Å². The minimum atomic E-state index is -4.54. The lowest BCUT2D eigenvalue weighted by Gasteiger charge is -2.16. The number of carbonyl (C=O) groups is 1. The molecule has 0 saturated heterocycles. The molecule has 0 spiro atoms. The van der Waals surface area contributed by atoms with E-state index in [1.807, 2.05) is 24.3 Å². The second-order valence-corrected chi connectivity index (χ2v) is 5.95. The van der Waals surface area contributed by atoms with Crippen LogP contribution in [0, 0.1) is 6.92 Å². The van der Waals surface area contributed by atoms with Gasteiger partial charge in [0.15, 0.2) is 0 Å². The monoisotopic (exact) mass is 375 g/mol. The van der Waals surface area contributed by atoms with Crippen molar-refractivity contribution >= 4 is 5.91 Å². The van der Waals surface area contributed by atoms with Gasteiger partial charge in [-0.25, -0.2) is 14.6 Å². The highest BCUT2D eigenvalue weighted by molar-refractivity contribution is 5.95. The van der Waals surface area contributed by atoms with Crippen LogP contribution in [0.4, 0.5) is 13.2 Å². The molecule has 0 fully saturated rings. The lowest BCUT2D eigenvalue weighted by molar-refractivity contribution is -0.141. The van der Waals surface area contributed by atoms with Gasteiger partial charge in [-0.05, 0) is 43.7 Å². The third kappa shape index (κ3) is 4.13. The van der Waals surface area contributed by atoms with Gasteiger partial charge in [-0.15, -0.1) is 0 Å². The zero-order valence-electron chi connectivity index (χ0n) is 14.5. The number of amides is 1. The van der Waals surface area contributed by atoms with Gasteiger partial charge in [-0.3, -0.25) is 4.79 Å². The molecule has 3 rings (SSSR count). The fraction of sp³-hybridized carbons (Fsp3) is 0.222. The summed E-state index contributed by atoms with van der Waals surface area (Å²) in [6.07, 6.45) is -1.54. The van der Waals surface area contributed by atoms with Crippen LogP contribution in [0.1, 0.15) is 40.3 Å². The van der Waals surface area contributed by atoms with Crippen LogP contribution in [-0.4, -0.2) is 25.7 Å². The molecule has 1 N–H and O–H groups in total. The largest absolute Gasteiger partial charge is 0.433 e. The van der Waals surface area contributed by atoms with Gasteiger partial charge in [0, 0.05) is 0 Å². The van der Waals surface area contributed by atoms with Crippen molar-refractivity contribution in [1.82, 2.24) is 25.1 Å². The first kappa shape index (κ1) is 18.6. The van der Waals surface area contributed by atoms with Crippen LogP contribution in [0.25, 0.3) is 5.69 Å². The predicted octanol–water partition coefficient (Wildman–Crippen LogP) is 3.48. The van der Waals surface area contributed by atoms with Crippen molar-refractivity contribution in [2.24, 2.45) is 0 Å². The number of carbonyl (C=O) groups excluding carboxylic acids is 1. The van der Waals surface area contributed by atoms with E-state index in [2.05, 4.69) is 20.4 Å². The van der Waals surface area contributed by atoms with Gasteiger partial charge in [-0.2, -0.15) is 18.3 Å². The van der Waals surface area contributed by atoms with Crippen LogP contribution in [-0.2, 0) is 6.18 Å². The van der Waals surface area contributed by atoms with Crippen LogP contribution in [0.5, 0.6) is 0 Å². The Morgan fingerprint density at radius 1 is 1.15 bits per heavy atom. The van der Waals surface area contributed by atoms with E-state index in [9.17, 15) is 18.0 Å². The zero-order valence-corrected chi connectivity index (χ0v) is 14.5. The Bertz CT molecular complexity index is 937. The molecule has 3 aromatic rings. The fourth-order valence-corrected chi connectivity index (χ4v) is 2.57. The molecule has 6 nitrogen and oxygen atoms in total. The highest BCUT2D eigenvalue weighted by Crippen LogP contribution is 2.28. The van der Waals surface area contributed by atoms with Crippen LogP contribution < -0.4 is 5.32 Å². The Hall–Kier alpha value is -3.23. The summed E-state index contributed by atoms with van der Waals surface area (Å²) in [4.78, 5) is 19.8. The number of aryl methyl sites for hydroxylation is 1. The summed E-state index contributed by atoms with van der Waals surface area (Å²) >= 11 is 0. The molecule has 0 saturated carbocycles. The summed E-state index contributed by atoms with van der Waals surface area (Å²) in [5.74, 6) is -0.485. The molecule has 9 heteroatoms. The molecule has 1 unspecified atom stereocenters. The van der Waals surface area contributed by atoms with E-state index in [1.54, 1.807) is 17.9 Å². The maximum atomic E-state index is 12.7. The topological polar surface area (TPSA) is 72.7 Å². The van der Waals surface area contributed by atoms with E-state index in [-0.39, 0.29) is 17.3 Å². The second-order valence-electron chi connectivity index (χ2n) is 5.95. The summed E-state index contributed by atoms with van der Waals surface area (Å²) in [5, 5.41) is 6.80. The maximum Gasteiger partial charge on any atom is 0.433 e. The minimum absolute atomic E-state index is 0.0241. The number of pyridine rings is 1. The molecular weight excluding hydrogens is 359 g/mol. The zero-order chi connectivity index (χ0) is 19.6. The average Bonchev–Trinajstić information content (AvgIpc) is 3.15. The Morgan fingerprint density at radius 2 is 1.85 bits per heavy atom. The Balaban J connectivity index is 1.72. The van der Waals surface area contributed by atoms with E-state index < -0.39 is 17.8 Å². The van der Waals surface area contributed by atoms with E-state index in [4.69, 9.17) is 0 Å². The lowest BCUT2D eigenvalue weighted by Crippen LogP contribution is -2.28. The fourth-order valence-electron chi connectivity index (χ4n) is 2.57. The Kier molecular flexibility index (Phi) is 4.93. The predicted molar refractivity (Wildman–Crippen MR) is 91.2 cm³/mol. The molecule has 0 radical (unpaired) electrons. The molecule has 1 aromatic carbocycles. The van der Waals surface area contributed by atoms with Crippen molar-refractivity contribution in [3.63, 3.8) is 0 Å². The Labute approximate surface area is 153 Å². The first-order valence-electron chi connectivity index (χ1n) is 8.06. The van der Waals surface area contributed by atoms with Gasteiger partial charge in [0.1, 0.15) is 18.3 Å². The number of aromatic nitrogens is 4. The number of benzene rings is 1. The number of halogens is 3. The first-order valence-corrected chi connectivity index (χ1v) is 8.06. The third-order valence-corrected chi connectivity index (χ3v) is 4.04. The van der Waals surface area contributed by atoms with Crippen LogP contribution >= 0.6 is 0 Å². The van der Waals surface area contributed by atoms with Crippen LogP contribution in [0.15, 0.2) is 49.1 Å². The molecule has 0 bridgehead atoms. The number of alkyl halides is 3. The van der Waals surface area contributed by atoms with Crippen molar-refractivity contribution in [1.29, 1.82) is 0 Å². The summed E-state index contributed by atoms with van der Waals surface area (Å²) < 4.78 is 39.7. The lowest BCUT2D eigenvalue weighted by atomic mass is 10.1. The molecule has 0 aliphatic heterocycles. The number of hydrogen-bond acceptors (Lipinski definition) is 4. The van der Waals surface area contributed by atoms with Gasteiger partial charge < -0.3 is 5.32 Å². The molecule has 0 aliphatic rings. The molecular formula is C18H16F3N5O. The minimum Gasteiger partial charge on any atom is -0.345 e. The number of hydrogen-bond donors (Lipinski definition) is 1. The molecule has 1 atom stereocenters. The highest BCUT2D eigenvalue weighted by atomic mass is 19.4. The van der Waals surface area contributed by atoms with Gasteiger partial charge in [0.05, 0.1) is 23.0 Å². The van der Waals surface area contributed by atoms with Gasteiger partial charge in [0.25, 0.3) is 5.91 Å². The number of rotatable bonds is 4. The third-order valence-electron chi connectivity index (χ3n) is 4.04. The van der Waals surface area contributed by atoms with Gasteiger partial charge in [-0.1, -0.05) is 12.1 Å². The molecule has 140 valence electrons. The van der Waals surface area contributed by atoms with Crippen molar-refractivity contribution in [2.75, 3.05) is 0 Å². The van der Waals surface area contributed by atoms with Crippen molar-refractivity contribution in [3.05, 3.63) is 71.6 Å². The smallest absolute Gasteiger partial charge is 0.345 e. The Morgan fingerprint density at radius 3 is 2.41 bits per heavy atom. The van der Waals surface area contributed by atoms with E-state index in [1.165, 1.54) is 13.3 Å². The maximum absolute atomic E-state index is 12.7. The van der Waals surface area contributed by atoms with E-state index >= 15 is 0 Å². The first-order chi connectivity index (χ1) is 12.8. The SMILES string of the molecule is Cc1nc(C(F)(F)F)ccc1C(=O)NC(C)c1ccc(-n2cncn2)cc1. The van der Waals surface area contributed by atoms with E-state index in [0.717, 1.165) is 23.4 Å². The number of nitrogens with zero attached hydrogens (tertiary/aromatic N) is 4. The summed E-state index contributed by atoms with van der Waals surface area (Å²) in [7, 11) is 0. The molecule has 1 amide bonds. The van der Waals surface area contributed by atoms with Crippen molar-refractivity contribution in [3.8, 4) is 5.69 Å². The molecule has 0 aliphatic carbocycles. The second kappa shape index (κ2) is 7.18. The molecule has 2 heterocycles. The summed E-state index contributed by atoms with van der Waals surface area (Å²) in [5.41, 5.74) is 0.765. The van der Waals surface area contributed by atoms with Gasteiger partial charge >= 0.3 is 6.18 Å². The highest BCUT2D eigenvalue weighted by Gasteiger charge is 2.33. The van der Waals surface area contributed by atoms with Gasteiger partial charge in [0.2, 0.25) is 0 Å². The molecule has 2 aromatic heterocycles. The van der Waals surface area contributed by atoms with Crippen molar-refractivity contribution < 1.29 is 18.0 Å². The standard InChI is InChI=1S/C18H16F3N5O/c1-11(13-3-5-14(6-4-13)26-10-22-9-23-26)25-17(27)15-7-8-16(18(19,20)21)24-12(15)2/h3-11H,1-2H3,(H,25,27). The summed E-state index contributed by atoms with van der Waals surface area (Å²) in [6.45, 7) is 3.16. The summed E-state index contributed by atoms with van der Waals surface area (Å²) in [6, 6.07) is 8.93. The van der Waals surface area contributed by atoms with Crippen molar-refractivity contribution in [2.45, 2.75) is 26.1 Å². The van der Waals surface area contributed by atoms with Crippen LogP contribution in [0.3, 0.4) is 0 Å². The average molecular weight is 375 g/mol. The van der Waals surface area contributed by atoms with Crippen LogP contribution in [0.2, 0.25) is 0 Å². The normalized spacial score (nSPS) is 12.6. The number of nitrogens with one attached hydrogen (secondary N) is 1. The quantitative estimate of drug-likeness (QED) is 0.758.